The topological polar surface area (TPSA) is 129 Å². The maximum absolute atomic E-state index is 14.1. The SMILES string of the molecule is CCCCCCCC(=O)N(C[C@@H]1CC[C@H]2C[C@@H]1C2(C)C)[C@@H]1CC(C(=O)NCCO)=C[C@H](Oc2c(I)cc(CO)cc2OC)[C@H]1O. The molecule has 2 bridgehead atoms. The number of nitrogens with zero attached hydrogens (tertiary/aromatic N) is 1. The molecule has 9 nitrogen and oxygen atoms in total. The van der Waals surface area contributed by atoms with Crippen molar-refractivity contribution in [2.24, 2.45) is 23.2 Å². The Balaban J connectivity index is 1.66. The summed E-state index contributed by atoms with van der Waals surface area (Å²) in [5.41, 5.74) is 1.32. The van der Waals surface area contributed by atoms with Gasteiger partial charge in [-0.25, -0.2) is 0 Å². The van der Waals surface area contributed by atoms with E-state index in [1.54, 1.807) is 18.2 Å². The number of fused-ring (bicyclic) bond motifs is 2. The number of ether oxygens (including phenoxy) is 2. The standard InChI is InChI=1S/C35H53IN2O7/c1-5-6-7-8-9-10-31(41)38(20-23-11-12-25-19-26(23)35(25,2)3)28-17-24(34(43)37-13-14-39)18-29(32(28)42)45-33-27(36)15-22(21-40)16-30(33)44-4/h15-16,18,23,25-26,28-29,32,39-40,42H,5-14,17,19-21H2,1-4H3,(H,37,43)/t23-,25-,26-,28+,29-,32-/m0/s1. The van der Waals surface area contributed by atoms with Crippen LogP contribution in [0, 0.1) is 26.7 Å². The Morgan fingerprint density at radius 2 is 1.89 bits per heavy atom. The fourth-order valence-corrected chi connectivity index (χ4v) is 8.57. The van der Waals surface area contributed by atoms with Gasteiger partial charge in [0.2, 0.25) is 11.8 Å². The van der Waals surface area contributed by atoms with E-state index in [1.807, 2.05) is 4.90 Å². The molecule has 4 aliphatic rings. The third-order valence-corrected chi connectivity index (χ3v) is 11.4. The van der Waals surface area contributed by atoms with Gasteiger partial charge in [0, 0.05) is 31.5 Å². The Morgan fingerprint density at radius 1 is 1.13 bits per heavy atom. The average Bonchev–Trinajstić information content (AvgIpc) is 3.03. The molecule has 0 aliphatic heterocycles. The summed E-state index contributed by atoms with van der Waals surface area (Å²) in [5, 5.41) is 33.8. The number of halogens is 1. The molecule has 0 aromatic heterocycles. The van der Waals surface area contributed by atoms with Crippen LogP contribution in [0.3, 0.4) is 0 Å². The highest BCUT2D eigenvalue weighted by Crippen LogP contribution is 2.61. The van der Waals surface area contributed by atoms with Crippen LogP contribution in [0.2, 0.25) is 0 Å². The first-order valence-corrected chi connectivity index (χ1v) is 17.8. The highest BCUT2D eigenvalue weighted by molar-refractivity contribution is 14.1. The fraction of sp³-hybridized carbons (Fsp3) is 0.714. The maximum atomic E-state index is 14.1. The van der Waals surface area contributed by atoms with E-state index in [0.717, 1.165) is 50.9 Å². The largest absolute Gasteiger partial charge is 0.493 e. The van der Waals surface area contributed by atoms with Crippen molar-refractivity contribution in [2.75, 3.05) is 26.8 Å². The first-order valence-electron chi connectivity index (χ1n) is 16.8. The monoisotopic (exact) mass is 740 g/mol. The van der Waals surface area contributed by atoms with E-state index in [2.05, 4.69) is 48.7 Å². The van der Waals surface area contributed by atoms with Crippen molar-refractivity contribution in [3.05, 3.63) is 32.9 Å². The van der Waals surface area contributed by atoms with Crippen LogP contribution in [0.1, 0.15) is 90.5 Å². The molecule has 3 saturated carbocycles. The molecule has 5 rings (SSSR count). The molecule has 0 spiro atoms. The molecule has 45 heavy (non-hydrogen) atoms. The number of hydrogen-bond acceptors (Lipinski definition) is 7. The summed E-state index contributed by atoms with van der Waals surface area (Å²) in [6.07, 6.45) is 8.79. The second kappa shape index (κ2) is 16.3. The van der Waals surface area contributed by atoms with Crippen LogP contribution in [0.15, 0.2) is 23.8 Å². The van der Waals surface area contributed by atoms with E-state index < -0.39 is 18.2 Å². The molecule has 2 amide bonds. The number of nitrogens with one attached hydrogen (secondary N) is 1. The minimum absolute atomic E-state index is 0.0185. The zero-order chi connectivity index (χ0) is 32.7. The molecule has 1 aromatic carbocycles. The first kappa shape index (κ1) is 36.0. The van der Waals surface area contributed by atoms with Crippen LogP contribution < -0.4 is 14.8 Å². The minimum Gasteiger partial charge on any atom is -0.493 e. The van der Waals surface area contributed by atoms with Crippen molar-refractivity contribution in [1.29, 1.82) is 0 Å². The Morgan fingerprint density at radius 3 is 2.53 bits per heavy atom. The van der Waals surface area contributed by atoms with E-state index >= 15 is 0 Å². The molecule has 0 radical (unpaired) electrons. The average molecular weight is 741 g/mol. The first-order chi connectivity index (χ1) is 21.5. The number of benzene rings is 1. The summed E-state index contributed by atoms with van der Waals surface area (Å²) in [4.78, 5) is 29.3. The van der Waals surface area contributed by atoms with E-state index in [9.17, 15) is 24.9 Å². The molecule has 0 saturated heterocycles. The fourth-order valence-electron chi connectivity index (χ4n) is 7.77. The summed E-state index contributed by atoms with van der Waals surface area (Å²) < 4.78 is 12.7. The van der Waals surface area contributed by atoms with E-state index in [1.165, 1.54) is 13.5 Å². The van der Waals surface area contributed by atoms with Gasteiger partial charge in [0.05, 0.1) is 29.9 Å². The quantitative estimate of drug-likeness (QED) is 0.139. The predicted octanol–water partition coefficient (Wildman–Crippen LogP) is 4.97. The van der Waals surface area contributed by atoms with Gasteiger partial charge in [0.15, 0.2) is 11.5 Å². The Bertz CT molecular complexity index is 1200. The van der Waals surface area contributed by atoms with Gasteiger partial charge in [-0.2, -0.15) is 0 Å². The Labute approximate surface area is 282 Å². The smallest absolute Gasteiger partial charge is 0.247 e. The summed E-state index contributed by atoms with van der Waals surface area (Å²) in [6, 6.07) is 2.82. The van der Waals surface area contributed by atoms with Gasteiger partial charge in [-0.3, -0.25) is 9.59 Å². The van der Waals surface area contributed by atoms with Crippen LogP contribution in [0.25, 0.3) is 0 Å². The van der Waals surface area contributed by atoms with Crippen LogP contribution in [0.4, 0.5) is 0 Å². The summed E-state index contributed by atoms with van der Waals surface area (Å²) in [6.45, 7) is 7.17. The molecular weight excluding hydrogens is 687 g/mol. The molecule has 1 aromatic rings. The van der Waals surface area contributed by atoms with E-state index in [0.29, 0.717) is 51.0 Å². The summed E-state index contributed by atoms with van der Waals surface area (Å²) in [5.74, 6) is 2.08. The number of unbranched alkanes of at least 4 members (excludes halogenated alkanes) is 4. The number of methoxy groups -OCH3 is 1. The number of aliphatic hydroxyl groups excluding tert-OH is 3. The van der Waals surface area contributed by atoms with Crippen molar-refractivity contribution >= 4 is 34.4 Å². The highest BCUT2D eigenvalue weighted by Gasteiger charge is 2.55. The highest BCUT2D eigenvalue weighted by atomic mass is 127. The van der Waals surface area contributed by atoms with Crippen molar-refractivity contribution in [3.8, 4) is 11.5 Å². The van der Waals surface area contributed by atoms with E-state index in [4.69, 9.17) is 9.47 Å². The molecule has 0 unspecified atom stereocenters. The van der Waals surface area contributed by atoms with Gasteiger partial charge in [-0.15, -0.1) is 0 Å². The molecule has 0 heterocycles. The third-order valence-electron chi connectivity index (χ3n) is 10.6. The lowest BCUT2D eigenvalue weighted by Crippen LogP contribution is -2.59. The Kier molecular flexibility index (Phi) is 13.0. The van der Waals surface area contributed by atoms with Gasteiger partial charge in [-0.05, 0) is 95.2 Å². The van der Waals surface area contributed by atoms with Gasteiger partial charge >= 0.3 is 0 Å². The van der Waals surface area contributed by atoms with Gasteiger partial charge in [0.25, 0.3) is 0 Å². The zero-order valence-corrected chi connectivity index (χ0v) is 29.6. The van der Waals surface area contributed by atoms with Gasteiger partial charge in [-0.1, -0.05) is 46.5 Å². The number of carbonyl (C=O) groups excluding carboxylic acids is 2. The molecule has 252 valence electrons. The molecule has 6 atom stereocenters. The van der Waals surface area contributed by atoms with Crippen molar-refractivity contribution in [2.45, 2.75) is 110 Å². The van der Waals surface area contributed by atoms with Crippen LogP contribution in [0.5, 0.6) is 11.5 Å². The number of aliphatic hydroxyl groups is 3. The second-order valence-electron chi connectivity index (χ2n) is 13.7. The van der Waals surface area contributed by atoms with Gasteiger partial charge < -0.3 is 35.0 Å². The molecular formula is C35H53IN2O7. The lowest BCUT2D eigenvalue weighted by Gasteiger charge is -2.61. The zero-order valence-electron chi connectivity index (χ0n) is 27.4. The molecule has 4 N–H and O–H groups in total. The summed E-state index contributed by atoms with van der Waals surface area (Å²) >= 11 is 2.11. The minimum atomic E-state index is -1.09. The van der Waals surface area contributed by atoms with Crippen molar-refractivity contribution in [3.63, 3.8) is 0 Å². The number of rotatable bonds is 16. The van der Waals surface area contributed by atoms with E-state index in [-0.39, 0.29) is 43.4 Å². The number of hydrogen-bond donors (Lipinski definition) is 4. The normalized spacial score (nSPS) is 26.8. The van der Waals surface area contributed by atoms with Crippen molar-refractivity contribution in [1.82, 2.24) is 10.2 Å². The van der Waals surface area contributed by atoms with Crippen LogP contribution in [-0.4, -0.2) is 77.1 Å². The van der Waals surface area contributed by atoms with Crippen LogP contribution >= 0.6 is 22.6 Å². The van der Waals surface area contributed by atoms with Crippen molar-refractivity contribution < 1.29 is 34.4 Å². The number of carbonyl (C=O) groups is 2. The second-order valence-corrected chi connectivity index (χ2v) is 14.9. The maximum Gasteiger partial charge on any atom is 0.247 e. The van der Waals surface area contributed by atoms with Crippen LogP contribution in [-0.2, 0) is 16.2 Å². The number of amides is 2. The third kappa shape index (κ3) is 8.34. The van der Waals surface area contributed by atoms with Gasteiger partial charge in [0.1, 0.15) is 12.2 Å². The lowest BCUT2D eigenvalue weighted by atomic mass is 9.45. The lowest BCUT2D eigenvalue weighted by molar-refractivity contribution is -0.148. The molecule has 3 fully saturated rings. The molecule has 10 heteroatoms. The summed E-state index contributed by atoms with van der Waals surface area (Å²) in [7, 11) is 1.51. The Hall–Kier alpha value is -1.89. The molecule has 4 aliphatic carbocycles. The predicted molar refractivity (Wildman–Crippen MR) is 182 cm³/mol.